The van der Waals surface area contributed by atoms with Gasteiger partial charge in [-0.25, -0.2) is 5.43 Å². The summed E-state index contributed by atoms with van der Waals surface area (Å²) in [6.07, 6.45) is 8.22. The molecular formula is C14H19N3O3. The van der Waals surface area contributed by atoms with Gasteiger partial charge in [-0.3, -0.25) is 9.59 Å². The normalized spacial score (nSPS) is 16.2. The van der Waals surface area contributed by atoms with E-state index in [9.17, 15) is 9.59 Å². The predicted octanol–water partition coefficient (Wildman–Crippen LogP) is 1.57. The molecule has 1 aromatic heterocycles. The Morgan fingerprint density at radius 3 is 2.80 bits per heavy atom. The summed E-state index contributed by atoms with van der Waals surface area (Å²) in [5, 5.41) is 6.60. The van der Waals surface area contributed by atoms with Crippen molar-refractivity contribution in [1.82, 2.24) is 10.7 Å². The molecular weight excluding hydrogens is 258 g/mol. The molecule has 0 aromatic carbocycles. The number of nitrogens with one attached hydrogen (secondary N) is 2. The van der Waals surface area contributed by atoms with Crippen LogP contribution in [0.15, 0.2) is 27.9 Å². The summed E-state index contributed by atoms with van der Waals surface area (Å²) in [6.45, 7) is 0. The van der Waals surface area contributed by atoms with Gasteiger partial charge in [0.05, 0.1) is 12.5 Å². The molecule has 1 fully saturated rings. The van der Waals surface area contributed by atoms with Crippen LogP contribution < -0.4 is 10.7 Å². The summed E-state index contributed by atoms with van der Waals surface area (Å²) in [5.41, 5.74) is 2.30. The third-order valence-corrected chi connectivity index (χ3v) is 3.22. The third kappa shape index (κ3) is 4.87. The lowest BCUT2D eigenvalue weighted by Gasteiger charge is -2.22. The number of carbonyl (C=O) groups excluding carboxylic acids is 2. The highest BCUT2D eigenvalue weighted by atomic mass is 16.3. The summed E-state index contributed by atoms with van der Waals surface area (Å²) in [6, 6.07) is 3.65. The lowest BCUT2D eigenvalue weighted by molar-refractivity contribution is -0.129. The Labute approximate surface area is 117 Å². The van der Waals surface area contributed by atoms with E-state index in [4.69, 9.17) is 4.42 Å². The third-order valence-electron chi connectivity index (χ3n) is 3.22. The molecule has 0 spiro atoms. The highest BCUT2D eigenvalue weighted by Crippen LogP contribution is 2.17. The molecule has 0 saturated heterocycles. The molecule has 0 unspecified atom stereocenters. The average Bonchev–Trinajstić information content (AvgIpc) is 2.93. The van der Waals surface area contributed by atoms with Gasteiger partial charge in [0.15, 0.2) is 0 Å². The van der Waals surface area contributed by atoms with E-state index in [1.54, 1.807) is 12.1 Å². The van der Waals surface area contributed by atoms with E-state index >= 15 is 0 Å². The van der Waals surface area contributed by atoms with Gasteiger partial charge in [0.1, 0.15) is 12.2 Å². The fraction of sp³-hybridized carbons (Fsp3) is 0.500. The zero-order chi connectivity index (χ0) is 14.2. The number of hydrogen-bond acceptors (Lipinski definition) is 4. The fourth-order valence-corrected chi connectivity index (χ4v) is 2.24. The van der Waals surface area contributed by atoms with Crippen molar-refractivity contribution >= 4 is 18.0 Å². The van der Waals surface area contributed by atoms with E-state index in [1.165, 1.54) is 18.9 Å². The smallest absolute Gasteiger partial charge is 0.249 e. The number of rotatable bonds is 5. The Balaban J connectivity index is 1.66. The summed E-state index contributed by atoms with van der Waals surface area (Å²) in [7, 11) is 0. The molecule has 20 heavy (non-hydrogen) atoms. The molecule has 1 heterocycles. The molecule has 108 valence electrons. The Morgan fingerprint density at radius 2 is 2.10 bits per heavy atom. The Kier molecular flexibility index (Phi) is 5.34. The molecule has 2 amide bonds. The van der Waals surface area contributed by atoms with E-state index in [0.29, 0.717) is 5.76 Å². The summed E-state index contributed by atoms with van der Waals surface area (Å²) < 4.78 is 5.02. The minimum atomic E-state index is -0.430. The van der Waals surface area contributed by atoms with Gasteiger partial charge in [-0.05, 0) is 25.0 Å². The van der Waals surface area contributed by atoms with Crippen LogP contribution in [0.2, 0.25) is 0 Å². The van der Waals surface area contributed by atoms with E-state index in [2.05, 4.69) is 15.8 Å². The van der Waals surface area contributed by atoms with Crippen molar-refractivity contribution in [1.29, 1.82) is 0 Å². The van der Waals surface area contributed by atoms with Crippen molar-refractivity contribution in [2.24, 2.45) is 5.10 Å². The standard InChI is InChI=1S/C14H19N3O3/c18-13(16-11-5-2-1-3-6-11)9-14(19)17-15-10-12-7-4-8-20-12/h4,7-8,10-11H,1-3,5-6,9H2,(H,16,18)(H,17,19)/b15-10-. The number of furan rings is 1. The fourth-order valence-electron chi connectivity index (χ4n) is 2.24. The second kappa shape index (κ2) is 7.47. The van der Waals surface area contributed by atoms with E-state index in [0.717, 1.165) is 25.7 Å². The van der Waals surface area contributed by atoms with Crippen LogP contribution in [-0.4, -0.2) is 24.1 Å². The molecule has 0 aliphatic heterocycles. The molecule has 0 atom stereocenters. The van der Waals surface area contributed by atoms with Crippen molar-refractivity contribution in [3.05, 3.63) is 24.2 Å². The number of carbonyl (C=O) groups is 2. The Hall–Kier alpha value is -2.11. The van der Waals surface area contributed by atoms with Gasteiger partial charge >= 0.3 is 0 Å². The molecule has 1 aliphatic carbocycles. The van der Waals surface area contributed by atoms with Crippen LogP contribution in [0.3, 0.4) is 0 Å². The predicted molar refractivity (Wildman–Crippen MR) is 74.1 cm³/mol. The van der Waals surface area contributed by atoms with Gasteiger partial charge in [0, 0.05) is 6.04 Å². The average molecular weight is 277 g/mol. The Bertz CT molecular complexity index is 462. The lowest BCUT2D eigenvalue weighted by atomic mass is 9.95. The minimum Gasteiger partial charge on any atom is -0.463 e. The zero-order valence-corrected chi connectivity index (χ0v) is 11.3. The molecule has 0 radical (unpaired) electrons. The minimum absolute atomic E-state index is 0.202. The Morgan fingerprint density at radius 1 is 1.30 bits per heavy atom. The molecule has 2 rings (SSSR count). The molecule has 1 aromatic rings. The SMILES string of the molecule is O=C(CC(=O)NC1CCCCC1)N/N=C\c1ccco1. The van der Waals surface area contributed by atoms with Crippen LogP contribution in [0.1, 0.15) is 44.3 Å². The first-order valence-corrected chi connectivity index (χ1v) is 6.89. The van der Waals surface area contributed by atoms with Gasteiger partial charge < -0.3 is 9.73 Å². The molecule has 1 aliphatic rings. The van der Waals surface area contributed by atoms with Crippen LogP contribution >= 0.6 is 0 Å². The zero-order valence-electron chi connectivity index (χ0n) is 11.3. The highest BCUT2D eigenvalue weighted by molar-refractivity contribution is 5.97. The van der Waals surface area contributed by atoms with E-state index < -0.39 is 5.91 Å². The monoisotopic (exact) mass is 277 g/mol. The van der Waals surface area contributed by atoms with Gasteiger partial charge in [-0.15, -0.1) is 0 Å². The summed E-state index contributed by atoms with van der Waals surface area (Å²) in [5.74, 6) is -0.138. The molecule has 1 saturated carbocycles. The topological polar surface area (TPSA) is 83.7 Å². The summed E-state index contributed by atoms with van der Waals surface area (Å²) in [4.78, 5) is 23.2. The van der Waals surface area contributed by atoms with E-state index in [1.807, 2.05) is 0 Å². The van der Waals surface area contributed by atoms with Crippen molar-refractivity contribution in [3.8, 4) is 0 Å². The number of hydrogen-bond donors (Lipinski definition) is 2. The second-order valence-electron chi connectivity index (χ2n) is 4.89. The maximum absolute atomic E-state index is 11.7. The van der Waals surface area contributed by atoms with E-state index in [-0.39, 0.29) is 18.4 Å². The van der Waals surface area contributed by atoms with Crippen LogP contribution in [0.4, 0.5) is 0 Å². The largest absolute Gasteiger partial charge is 0.463 e. The maximum Gasteiger partial charge on any atom is 0.249 e. The van der Waals surface area contributed by atoms with Gasteiger partial charge in [0.25, 0.3) is 0 Å². The van der Waals surface area contributed by atoms with Crippen LogP contribution in [0, 0.1) is 0 Å². The number of nitrogens with zero attached hydrogens (tertiary/aromatic N) is 1. The quantitative estimate of drug-likeness (QED) is 0.487. The number of amides is 2. The highest BCUT2D eigenvalue weighted by Gasteiger charge is 2.17. The van der Waals surface area contributed by atoms with Crippen LogP contribution in [-0.2, 0) is 9.59 Å². The summed E-state index contributed by atoms with van der Waals surface area (Å²) >= 11 is 0. The first-order valence-electron chi connectivity index (χ1n) is 6.89. The van der Waals surface area contributed by atoms with Gasteiger partial charge in [-0.2, -0.15) is 5.10 Å². The first kappa shape index (κ1) is 14.3. The van der Waals surface area contributed by atoms with Crippen LogP contribution in [0.5, 0.6) is 0 Å². The van der Waals surface area contributed by atoms with Crippen molar-refractivity contribution < 1.29 is 14.0 Å². The van der Waals surface area contributed by atoms with Crippen LogP contribution in [0.25, 0.3) is 0 Å². The van der Waals surface area contributed by atoms with Crippen molar-refractivity contribution in [2.75, 3.05) is 0 Å². The first-order chi connectivity index (χ1) is 9.74. The molecule has 6 nitrogen and oxygen atoms in total. The van der Waals surface area contributed by atoms with Gasteiger partial charge in [-0.1, -0.05) is 19.3 Å². The van der Waals surface area contributed by atoms with Gasteiger partial charge in [0.2, 0.25) is 11.8 Å². The maximum atomic E-state index is 11.7. The van der Waals surface area contributed by atoms with Crippen molar-refractivity contribution in [3.63, 3.8) is 0 Å². The lowest BCUT2D eigenvalue weighted by Crippen LogP contribution is -2.38. The number of hydrazone groups is 1. The second-order valence-corrected chi connectivity index (χ2v) is 4.89. The van der Waals surface area contributed by atoms with Crippen molar-refractivity contribution in [2.45, 2.75) is 44.6 Å². The molecule has 2 N–H and O–H groups in total. The molecule has 6 heteroatoms. The molecule has 0 bridgehead atoms.